The maximum absolute atomic E-state index is 12.4. The zero-order valence-corrected chi connectivity index (χ0v) is 25.5. The Morgan fingerprint density at radius 2 is 1.83 bits per heavy atom. The Bertz CT molecular complexity index is 1500. The van der Waals surface area contributed by atoms with E-state index in [9.17, 15) is 13.2 Å². The summed E-state index contributed by atoms with van der Waals surface area (Å²) < 4.78 is 51.3. The predicted molar refractivity (Wildman–Crippen MR) is 153 cm³/mol. The predicted octanol–water partition coefficient (Wildman–Crippen LogP) is 1.91. The fraction of sp³-hybridized carbons (Fsp3) is 0.560. The van der Waals surface area contributed by atoms with Crippen LogP contribution in [0.2, 0.25) is 5.15 Å². The van der Waals surface area contributed by atoms with Crippen LogP contribution in [0, 0.1) is 0 Å². The van der Waals surface area contributed by atoms with E-state index in [0.717, 1.165) is 0 Å². The highest BCUT2D eigenvalue weighted by molar-refractivity contribution is 7.85. The van der Waals surface area contributed by atoms with E-state index >= 15 is 0 Å². The molecule has 3 N–H and O–H groups in total. The minimum absolute atomic E-state index is 0.124. The number of pyridine rings is 1. The highest BCUT2D eigenvalue weighted by Crippen LogP contribution is 2.44. The van der Waals surface area contributed by atoms with Gasteiger partial charge in [0.25, 0.3) is 5.91 Å². The normalized spacial score (nSPS) is 23.0. The van der Waals surface area contributed by atoms with E-state index in [2.05, 4.69) is 45.6 Å². The molecule has 0 saturated carbocycles. The van der Waals surface area contributed by atoms with Gasteiger partial charge in [-0.15, -0.1) is 0 Å². The van der Waals surface area contributed by atoms with Crippen LogP contribution in [-0.4, -0.2) is 94.1 Å². The van der Waals surface area contributed by atoms with E-state index in [1.807, 2.05) is 0 Å². The molecule has 4 atom stereocenters. The molecule has 230 valence electrons. The Morgan fingerprint density at radius 1 is 1.14 bits per heavy atom. The smallest absolute Gasteiger partial charge is 0.362 e. The largest absolute Gasteiger partial charge is 0.382 e. The number of anilines is 1. The first-order valence-electron chi connectivity index (χ1n) is 13.4. The Hall–Kier alpha value is -2.99. The number of carbonyl (C=O) groups is 1. The molecule has 17 heteroatoms. The summed E-state index contributed by atoms with van der Waals surface area (Å²) in [4.78, 5) is 30.8. The van der Waals surface area contributed by atoms with E-state index in [0.29, 0.717) is 11.2 Å². The molecule has 0 radical (unpaired) electrons. The lowest BCUT2D eigenvalue weighted by Crippen LogP contribution is -2.37. The van der Waals surface area contributed by atoms with Gasteiger partial charge in [-0.05, 0) is 45.6 Å². The molecule has 0 bridgehead atoms. The number of nitrogen functional groups attached to an aromatic ring is 1. The monoisotopic (exact) mass is 626 g/mol. The second kappa shape index (κ2) is 13.1. The molecule has 42 heavy (non-hydrogen) atoms. The van der Waals surface area contributed by atoms with Crippen LogP contribution in [0.5, 0.6) is 0 Å². The zero-order chi connectivity index (χ0) is 30.7. The molecule has 0 spiro atoms. The lowest BCUT2D eigenvalue weighted by Gasteiger charge is -2.24. The molecule has 0 aromatic carbocycles. The van der Waals surface area contributed by atoms with Crippen molar-refractivity contribution >= 4 is 44.8 Å². The topological polar surface area (TPSA) is 186 Å². The van der Waals surface area contributed by atoms with Crippen molar-refractivity contribution in [3.63, 3.8) is 0 Å². The number of nitrogens with one attached hydrogen (secondary N) is 1. The van der Waals surface area contributed by atoms with Crippen LogP contribution in [0.4, 0.5) is 5.82 Å². The number of nitrogens with zero attached hydrogens (tertiary/aromatic N) is 6. The van der Waals surface area contributed by atoms with Gasteiger partial charge in [0.05, 0.1) is 18.5 Å². The van der Waals surface area contributed by atoms with Gasteiger partial charge >= 0.3 is 10.3 Å². The number of halogens is 1. The van der Waals surface area contributed by atoms with E-state index in [1.54, 1.807) is 23.1 Å². The SMILES string of the molecule is CC1(C)O[C@@H]2[C@H](O1)[C@@H](COS(=O)(=O)NC(=O)c1cccnc1Cl)O[C@H]2n1cnc2c(N)ncnc21.CCN(CC)CC. The van der Waals surface area contributed by atoms with E-state index in [-0.39, 0.29) is 16.5 Å². The molecule has 5 heterocycles. The molecule has 0 unspecified atom stereocenters. The summed E-state index contributed by atoms with van der Waals surface area (Å²) in [6, 6.07) is 2.77. The Labute approximate surface area is 248 Å². The van der Waals surface area contributed by atoms with Crippen molar-refractivity contribution in [3.8, 4) is 0 Å². The molecular weight excluding hydrogens is 592 g/mol. The summed E-state index contributed by atoms with van der Waals surface area (Å²) in [5.74, 6) is -1.76. The van der Waals surface area contributed by atoms with Gasteiger partial charge in [0, 0.05) is 6.20 Å². The van der Waals surface area contributed by atoms with Crippen LogP contribution in [0.25, 0.3) is 11.2 Å². The first-order chi connectivity index (χ1) is 19.9. The number of ether oxygens (including phenoxy) is 3. The van der Waals surface area contributed by atoms with Crippen molar-refractivity contribution in [1.82, 2.24) is 34.1 Å². The van der Waals surface area contributed by atoms with Gasteiger partial charge in [0.2, 0.25) is 0 Å². The van der Waals surface area contributed by atoms with Crippen molar-refractivity contribution < 1.29 is 31.6 Å². The van der Waals surface area contributed by atoms with E-state index in [4.69, 9.17) is 35.7 Å². The minimum atomic E-state index is -4.52. The fourth-order valence-electron chi connectivity index (χ4n) is 4.65. The number of carbonyl (C=O) groups excluding carboxylic acids is 1. The van der Waals surface area contributed by atoms with Crippen LogP contribution in [0.3, 0.4) is 0 Å². The number of aromatic nitrogens is 5. The minimum Gasteiger partial charge on any atom is -0.382 e. The van der Waals surface area contributed by atoms with Gasteiger partial charge in [-0.2, -0.15) is 8.42 Å². The quantitative estimate of drug-likeness (QED) is 0.328. The van der Waals surface area contributed by atoms with E-state index in [1.165, 1.54) is 50.6 Å². The number of rotatable bonds is 9. The average molecular weight is 627 g/mol. The first kappa shape index (κ1) is 31.9. The standard InChI is InChI=1S/C19H20ClN7O7S.C6H15N/c1-19(2)33-12-10(6-31-35(29,30)26-17(28)9-4-3-5-22-14(9)20)32-18(13(12)34-19)27-8-25-11-15(21)23-7-24-16(11)27;1-4-7(5-2)6-3/h3-5,7-8,10,12-13,18H,6H2,1-2H3,(H,26,28)(H2,21,23,24);4-6H2,1-3H3/t10-,12-,13-,18-;/m1./s1. The number of hydrogen-bond donors (Lipinski definition) is 2. The maximum Gasteiger partial charge on any atom is 0.362 e. The van der Waals surface area contributed by atoms with Gasteiger partial charge in [-0.1, -0.05) is 32.4 Å². The third-order valence-electron chi connectivity index (χ3n) is 6.74. The second-order valence-electron chi connectivity index (χ2n) is 9.84. The number of hydrogen-bond acceptors (Lipinski definition) is 13. The van der Waals surface area contributed by atoms with Crippen LogP contribution < -0.4 is 10.5 Å². The van der Waals surface area contributed by atoms with Crippen LogP contribution in [0.1, 0.15) is 51.2 Å². The molecular formula is C25H35ClN8O7S. The summed E-state index contributed by atoms with van der Waals surface area (Å²) in [6.07, 6.45) is 1.15. The molecule has 2 fully saturated rings. The Morgan fingerprint density at radius 3 is 2.48 bits per heavy atom. The van der Waals surface area contributed by atoms with Gasteiger partial charge in [-0.25, -0.2) is 24.7 Å². The van der Waals surface area contributed by atoms with Gasteiger partial charge in [0.15, 0.2) is 23.5 Å². The Kier molecular flexibility index (Phi) is 9.97. The fourth-order valence-corrected chi connectivity index (χ4v) is 5.57. The molecule has 1 amide bonds. The molecule has 0 aliphatic carbocycles. The van der Waals surface area contributed by atoms with Crippen LogP contribution in [0.15, 0.2) is 31.0 Å². The highest BCUT2D eigenvalue weighted by atomic mass is 35.5. The van der Waals surface area contributed by atoms with Crippen molar-refractivity contribution in [2.24, 2.45) is 0 Å². The van der Waals surface area contributed by atoms with Gasteiger partial charge in [0.1, 0.15) is 35.3 Å². The van der Waals surface area contributed by atoms with Crippen molar-refractivity contribution in [2.45, 2.75) is 64.9 Å². The van der Waals surface area contributed by atoms with Crippen molar-refractivity contribution in [1.29, 1.82) is 0 Å². The highest BCUT2D eigenvalue weighted by Gasteiger charge is 2.56. The number of fused-ring (bicyclic) bond motifs is 2. The third kappa shape index (κ3) is 7.14. The summed E-state index contributed by atoms with van der Waals surface area (Å²) in [7, 11) is -4.52. The lowest BCUT2D eigenvalue weighted by atomic mass is 10.1. The number of amides is 1. The van der Waals surface area contributed by atoms with Crippen molar-refractivity contribution in [3.05, 3.63) is 41.7 Å². The first-order valence-corrected chi connectivity index (χ1v) is 15.2. The molecule has 2 aliphatic rings. The number of nitrogens with two attached hydrogens (primary N) is 1. The zero-order valence-electron chi connectivity index (χ0n) is 23.9. The van der Waals surface area contributed by atoms with Crippen LogP contribution in [-0.2, 0) is 28.7 Å². The lowest BCUT2D eigenvalue weighted by molar-refractivity contribution is -0.198. The summed E-state index contributed by atoms with van der Waals surface area (Å²) in [5.41, 5.74) is 6.54. The maximum atomic E-state index is 12.4. The average Bonchev–Trinajstić information content (AvgIpc) is 3.60. The van der Waals surface area contributed by atoms with E-state index < -0.39 is 53.1 Å². The molecule has 2 saturated heterocycles. The summed E-state index contributed by atoms with van der Waals surface area (Å²) in [6.45, 7) is 13.1. The Balaban J connectivity index is 0.000000517. The van der Waals surface area contributed by atoms with Gasteiger partial charge in [-0.3, -0.25) is 13.5 Å². The molecule has 15 nitrogen and oxygen atoms in total. The summed E-state index contributed by atoms with van der Waals surface area (Å²) in [5, 5.41) is -0.152. The van der Waals surface area contributed by atoms with Crippen LogP contribution >= 0.6 is 11.6 Å². The van der Waals surface area contributed by atoms with Crippen molar-refractivity contribution in [2.75, 3.05) is 32.0 Å². The molecule has 2 aliphatic heterocycles. The third-order valence-corrected chi connectivity index (χ3v) is 7.92. The second-order valence-corrected chi connectivity index (χ2v) is 11.6. The molecule has 3 aromatic heterocycles. The molecule has 3 aromatic rings. The summed E-state index contributed by atoms with van der Waals surface area (Å²) >= 11 is 5.85. The molecule has 5 rings (SSSR count). The number of imidazole rings is 1. The van der Waals surface area contributed by atoms with Gasteiger partial charge < -0.3 is 24.8 Å².